The van der Waals surface area contributed by atoms with Gasteiger partial charge in [0.15, 0.2) is 18.1 Å². The SMILES string of the molecule is CCCCOc1ccc(NC(=O)C(=O)N/N=C\c2cc(Cl)c(OCC(=O)Nc3ccccc3)c(OC)c2)cc1. The van der Waals surface area contributed by atoms with Crippen LogP contribution in [0.5, 0.6) is 17.2 Å². The number of hydrogen-bond acceptors (Lipinski definition) is 7. The Hall–Kier alpha value is -4.57. The van der Waals surface area contributed by atoms with Crippen LogP contribution in [0.15, 0.2) is 71.8 Å². The summed E-state index contributed by atoms with van der Waals surface area (Å²) in [4.78, 5) is 36.5. The number of amides is 3. The van der Waals surface area contributed by atoms with Gasteiger partial charge in [0, 0.05) is 11.4 Å². The number of nitrogens with one attached hydrogen (secondary N) is 3. The lowest BCUT2D eigenvalue weighted by molar-refractivity contribution is -0.136. The molecule has 3 amide bonds. The second kappa shape index (κ2) is 15.0. The summed E-state index contributed by atoms with van der Waals surface area (Å²) < 4.78 is 16.5. The molecule has 204 valence electrons. The lowest BCUT2D eigenvalue weighted by atomic mass is 10.2. The average molecular weight is 553 g/mol. The van der Waals surface area contributed by atoms with Crippen molar-refractivity contribution in [1.82, 2.24) is 5.43 Å². The van der Waals surface area contributed by atoms with E-state index in [0.717, 1.165) is 12.8 Å². The van der Waals surface area contributed by atoms with Crippen molar-refractivity contribution >= 4 is 46.9 Å². The van der Waals surface area contributed by atoms with Gasteiger partial charge in [0.25, 0.3) is 5.91 Å². The molecule has 0 saturated carbocycles. The van der Waals surface area contributed by atoms with Crippen LogP contribution in [-0.4, -0.2) is 44.3 Å². The molecule has 39 heavy (non-hydrogen) atoms. The highest BCUT2D eigenvalue weighted by Gasteiger charge is 2.15. The van der Waals surface area contributed by atoms with Crippen molar-refractivity contribution in [1.29, 1.82) is 0 Å². The quantitative estimate of drug-likeness (QED) is 0.130. The molecule has 0 heterocycles. The highest BCUT2D eigenvalue weighted by molar-refractivity contribution is 6.39. The first-order chi connectivity index (χ1) is 18.9. The van der Waals surface area contributed by atoms with E-state index in [2.05, 4.69) is 28.1 Å². The molecule has 0 spiro atoms. The number of hydrazone groups is 1. The van der Waals surface area contributed by atoms with Crippen LogP contribution in [0.3, 0.4) is 0 Å². The molecule has 0 aliphatic carbocycles. The predicted molar refractivity (Wildman–Crippen MR) is 150 cm³/mol. The number of anilines is 2. The Labute approximate surface area is 231 Å². The van der Waals surface area contributed by atoms with E-state index in [-0.39, 0.29) is 29.0 Å². The van der Waals surface area contributed by atoms with Gasteiger partial charge in [0.2, 0.25) is 0 Å². The molecule has 0 radical (unpaired) electrons. The Kier molecular flexibility index (Phi) is 11.1. The normalized spacial score (nSPS) is 10.5. The smallest absolute Gasteiger partial charge is 0.329 e. The first-order valence-electron chi connectivity index (χ1n) is 12.1. The van der Waals surface area contributed by atoms with Crippen LogP contribution in [-0.2, 0) is 14.4 Å². The number of ether oxygens (including phenoxy) is 3. The summed E-state index contributed by atoms with van der Waals surface area (Å²) in [6.45, 7) is 2.39. The maximum Gasteiger partial charge on any atom is 0.329 e. The van der Waals surface area contributed by atoms with Gasteiger partial charge in [-0.25, -0.2) is 5.43 Å². The largest absolute Gasteiger partial charge is 0.494 e. The fraction of sp³-hybridized carbons (Fsp3) is 0.214. The molecule has 0 unspecified atom stereocenters. The van der Waals surface area contributed by atoms with Crippen molar-refractivity contribution in [3.05, 3.63) is 77.3 Å². The third kappa shape index (κ3) is 9.35. The van der Waals surface area contributed by atoms with Crippen LogP contribution in [0, 0.1) is 0 Å². The zero-order chi connectivity index (χ0) is 28.0. The number of nitrogens with zero attached hydrogens (tertiary/aromatic N) is 1. The van der Waals surface area contributed by atoms with E-state index in [1.807, 2.05) is 6.07 Å². The molecule has 0 fully saturated rings. The summed E-state index contributed by atoms with van der Waals surface area (Å²) >= 11 is 6.33. The molecule has 0 saturated heterocycles. The number of carbonyl (C=O) groups excluding carboxylic acids is 3. The van der Waals surface area contributed by atoms with E-state index >= 15 is 0 Å². The Morgan fingerprint density at radius 1 is 0.923 bits per heavy atom. The molecular weight excluding hydrogens is 524 g/mol. The Morgan fingerprint density at radius 3 is 2.33 bits per heavy atom. The number of unbranched alkanes of at least 4 members (excludes halogenated alkanes) is 1. The molecule has 0 aliphatic heterocycles. The summed E-state index contributed by atoms with van der Waals surface area (Å²) in [5.41, 5.74) is 3.69. The van der Waals surface area contributed by atoms with Gasteiger partial charge in [0.05, 0.1) is 25.0 Å². The monoisotopic (exact) mass is 552 g/mol. The van der Waals surface area contributed by atoms with Gasteiger partial charge in [0.1, 0.15) is 5.75 Å². The number of benzene rings is 3. The van der Waals surface area contributed by atoms with Crippen LogP contribution in [0.4, 0.5) is 11.4 Å². The average Bonchev–Trinajstić information content (AvgIpc) is 2.93. The number of methoxy groups -OCH3 is 1. The number of carbonyl (C=O) groups is 3. The maximum absolute atomic E-state index is 12.2. The third-order valence-corrected chi connectivity index (χ3v) is 5.40. The molecule has 0 bridgehead atoms. The van der Waals surface area contributed by atoms with Crippen LogP contribution < -0.4 is 30.3 Å². The lowest BCUT2D eigenvalue weighted by Crippen LogP contribution is -2.32. The number of para-hydroxylation sites is 1. The molecule has 3 N–H and O–H groups in total. The molecule has 3 rings (SSSR count). The van der Waals surface area contributed by atoms with Crippen molar-refractivity contribution in [2.24, 2.45) is 5.10 Å². The first kappa shape index (κ1) is 29.0. The van der Waals surface area contributed by atoms with Gasteiger partial charge in [-0.2, -0.15) is 5.10 Å². The molecule has 11 heteroatoms. The molecule has 0 atom stereocenters. The molecule has 10 nitrogen and oxygen atoms in total. The van der Waals surface area contributed by atoms with E-state index in [0.29, 0.717) is 29.3 Å². The van der Waals surface area contributed by atoms with E-state index in [1.54, 1.807) is 54.6 Å². The fourth-order valence-electron chi connectivity index (χ4n) is 3.18. The fourth-order valence-corrected chi connectivity index (χ4v) is 3.46. The van der Waals surface area contributed by atoms with E-state index < -0.39 is 11.8 Å². The highest BCUT2D eigenvalue weighted by atomic mass is 35.5. The Bertz CT molecular complexity index is 1300. The Balaban J connectivity index is 1.52. The Morgan fingerprint density at radius 2 is 1.64 bits per heavy atom. The lowest BCUT2D eigenvalue weighted by Gasteiger charge is -2.13. The summed E-state index contributed by atoms with van der Waals surface area (Å²) in [5.74, 6) is -1.12. The van der Waals surface area contributed by atoms with E-state index in [1.165, 1.54) is 19.4 Å². The zero-order valence-corrected chi connectivity index (χ0v) is 22.3. The topological polar surface area (TPSA) is 127 Å². The van der Waals surface area contributed by atoms with Crippen molar-refractivity contribution in [3.63, 3.8) is 0 Å². The van der Waals surface area contributed by atoms with Gasteiger partial charge in [-0.05, 0) is 60.5 Å². The van der Waals surface area contributed by atoms with E-state index in [4.69, 9.17) is 25.8 Å². The molecule has 0 aromatic heterocycles. The van der Waals surface area contributed by atoms with Crippen LogP contribution in [0.2, 0.25) is 5.02 Å². The van der Waals surface area contributed by atoms with Gasteiger partial charge < -0.3 is 24.8 Å². The number of halogens is 1. The minimum Gasteiger partial charge on any atom is -0.494 e. The minimum absolute atomic E-state index is 0.162. The third-order valence-electron chi connectivity index (χ3n) is 5.12. The van der Waals surface area contributed by atoms with Crippen molar-refractivity contribution in [3.8, 4) is 17.2 Å². The summed E-state index contributed by atoms with van der Waals surface area (Å²) in [7, 11) is 1.42. The van der Waals surface area contributed by atoms with E-state index in [9.17, 15) is 14.4 Å². The van der Waals surface area contributed by atoms with Crippen molar-refractivity contribution in [2.75, 3.05) is 31.0 Å². The second-order valence-corrected chi connectivity index (χ2v) is 8.52. The minimum atomic E-state index is -0.961. The number of hydrogen-bond donors (Lipinski definition) is 3. The molecule has 3 aromatic carbocycles. The van der Waals surface area contributed by atoms with Crippen molar-refractivity contribution in [2.45, 2.75) is 19.8 Å². The van der Waals surface area contributed by atoms with Gasteiger partial charge in [-0.1, -0.05) is 43.1 Å². The summed E-state index contributed by atoms with van der Waals surface area (Å²) in [6.07, 6.45) is 3.26. The van der Waals surface area contributed by atoms with Crippen LogP contribution in [0.25, 0.3) is 0 Å². The molecular formula is C28H29ClN4O6. The number of rotatable bonds is 12. The van der Waals surface area contributed by atoms with Gasteiger partial charge in [-0.3, -0.25) is 14.4 Å². The maximum atomic E-state index is 12.2. The summed E-state index contributed by atoms with van der Waals surface area (Å²) in [6, 6.07) is 18.7. The van der Waals surface area contributed by atoms with Gasteiger partial charge >= 0.3 is 11.8 Å². The standard InChI is InChI=1S/C28H29ClN4O6/c1-3-4-14-38-22-12-10-21(11-13-22)32-27(35)28(36)33-30-17-19-15-23(29)26(24(16-19)37-2)39-18-25(34)31-20-8-6-5-7-9-20/h5-13,15-17H,3-4,14,18H2,1-2H3,(H,31,34)(H,32,35)(H,33,36)/b30-17-. The van der Waals surface area contributed by atoms with Crippen LogP contribution >= 0.6 is 11.6 Å². The second-order valence-electron chi connectivity index (χ2n) is 8.12. The van der Waals surface area contributed by atoms with Crippen molar-refractivity contribution < 1.29 is 28.6 Å². The first-order valence-corrected chi connectivity index (χ1v) is 12.5. The highest BCUT2D eigenvalue weighted by Crippen LogP contribution is 2.36. The zero-order valence-electron chi connectivity index (χ0n) is 21.5. The van der Waals surface area contributed by atoms with Gasteiger partial charge in [-0.15, -0.1) is 0 Å². The van der Waals surface area contributed by atoms with Crippen LogP contribution in [0.1, 0.15) is 25.3 Å². The predicted octanol–water partition coefficient (Wildman–Crippen LogP) is 4.63. The molecule has 3 aromatic rings. The molecule has 0 aliphatic rings. The summed E-state index contributed by atoms with van der Waals surface area (Å²) in [5, 5.41) is 9.16.